The smallest absolute Gasteiger partial charge is 0.335 e. The summed E-state index contributed by atoms with van der Waals surface area (Å²) in [5.74, 6) is -1.72. The second-order valence-electron chi connectivity index (χ2n) is 4.99. The lowest BCUT2D eigenvalue weighted by molar-refractivity contribution is 0.0696. The van der Waals surface area contributed by atoms with Crippen LogP contribution in [0.5, 0.6) is 5.75 Å². The molecular weight excluding hydrogens is 336 g/mol. The summed E-state index contributed by atoms with van der Waals surface area (Å²) >= 11 is 0. The molecule has 0 aliphatic heterocycles. The van der Waals surface area contributed by atoms with E-state index in [-0.39, 0.29) is 16.1 Å². The summed E-state index contributed by atoms with van der Waals surface area (Å²) in [6, 6.07) is 4.72. The Morgan fingerprint density at radius 3 is 2.67 bits per heavy atom. The number of aromatic nitrogens is 3. The Hall–Kier alpha value is -3.14. The van der Waals surface area contributed by atoms with Crippen LogP contribution in [-0.2, 0) is 17.1 Å². The average Bonchev–Trinajstić information content (AvgIpc) is 2.90. The van der Waals surface area contributed by atoms with Crippen LogP contribution in [-0.4, -0.2) is 39.4 Å². The third-order valence-corrected chi connectivity index (χ3v) is 4.68. The third-order valence-electron chi connectivity index (χ3n) is 3.35. The van der Waals surface area contributed by atoms with Gasteiger partial charge in [-0.3, -0.25) is 9.40 Å². The fraction of sp³-hybridized carbons (Fsp3) is 0.0714. The molecule has 2 aromatic heterocycles. The monoisotopic (exact) mass is 348 g/mol. The number of phenolic OH excluding ortho intramolecular Hbond substituents is 1. The van der Waals surface area contributed by atoms with E-state index < -0.39 is 21.7 Å². The van der Waals surface area contributed by atoms with Crippen LogP contribution in [0.25, 0.3) is 11.0 Å². The zero-order valence-corrected chi connectivity index (χ0v) is 13.1. The summed E-state index contributed by atoms with van der Waals surface area (Å²) in [5, 5.41) is 23.2. The van der Waals surface area contributed by atoms with Crippen LogP contribution >= 0.6 is 0 Å². The van der Waals surface area contributed by atoms with Crippen LogP contribution in [0, 0.1) is 0 Å². The van der Waals surface area contributed by atoms with Crippen molar-refractivity contribution in [3.8, 4) is 5.75 Å². The highest BCUT2D eigenvalue weighted by atomic mass is 32.2. The van der Waals surface area contributed by atoms with Crippen LogP contribution < -0.4 is 4.72 Å². The van der Waals surface area contributed by atoms with Crippen molar-refractivity contribution in [1.82, 2.24) is 14.8 Å². The maximum absolute atomic E-state index is 12.4. The van der Waals surface area contributed by atoms with Crippen molar-refractivity contribution in [1.29, 1.82) is 0 Å². The summed E-state index contributed by atoms with van der Waals surface area (Å²) in [7, 11) is -2.32. The lowest BCUT2D eigenvalue weighted by atomic mass is 10.2. The van der Waals surface area contributed by atoms with Crippen molar-refractivity contribution in [3.63, 3.8) is 0 Å². The predicted molar refractivity (Wildman–Crippen MR) is 84.4 cm³/mol. The number of carbonyl (C=O) groups is 1. The normalized spacial score (nSPS) is 11.5. The highest BCUT2D eigenvalue weighted by Gasteiger charge is 2.19. The van der Waals surface area contributed by atoms with E-state index in [0.717, 1.165) is 6.07 Å². The van der Waals surface area contributed by atoms with Crippen LogP contribution in [0.15, 0.2) is 41.6 Å². The predicted octanol–water partition coefficient (Wildman–Crippen LogP) is 1.17. The van der Waals surface area contributed by atoms with Crippen LogP contribution in [0.1, 0.15) is 10.4 Å². The molecule has 10 heteroatoms. The molecule has 1 aromatic carbocycles. The van der Waals surface area contributed by atoms with Gasteiger partial charge >= 0.3 is 5.97 Å². The summed E-state index contributed by atoms with van der Waals surface area (Å²) in [5.41, 5.74) is 0.239. The SMILES string of the molecule is Cn1ncc2cc(S(=O)(=O)Nc3ccc(C(=O)O)cc3O)cnc21. The number of aromatic carboxylic acids is 1. The number of aryl methyl sites for hydroxylation is 1. The van der Waals surface area contributed by atoms with E-state index in [9.17, 15) is 18.3 Å². The molecule has 0 fully saturated rings. The molecule has 0 radical (unpaired) electrons. The van der Waals surface area contributed by atoms with Crippen molar-refractivity contribution in [2.45, 2.75) is 4.90 Å². The van der Waals surface area contributed by atoms with E-state index in [4.69, 9.17) is 5.11 Å². The second-order valence-corrected chi connectivity index (χ2v) is 6.68. The van der Waals surface area contributed by atoms with E-state index in [2.05, 4.69) is 14.8 Å². The van der Waals surface area contributed by atoms with Gasteiger partial charge in [0.15, 0.2) is 5.65 Å². The number of pyridine rings is 1. The molecule has 0 unspecified atom stereocenters. The minimum atomic E-state index is -4.01. The van der Waals surface area contributed by atoms with E-state index >= 15 is 0 Å². The van der Waals surface area contributed by atoms with Gasteiger partial charge in [-0.05, 0) is 24.3 Å². The first kappa shape index (κ1) is 15.7. The Bertz CT molecular complexity index is 1060. The number of phenols is 1. The van der Waals surface area contributed by atoms with E-state index in [1.165, 1.54) is 35.3 Å². The number of hydrogen-bond donors (Lipinski definition) is 3. The fourth-order valence-corrected chi connectivity index (χ4v) is 3.18. The molecule has 9 nitrogen and oxygen atoms in total. The Kier molecular flexibility index (Phi) is 3.60. The molecule has 3 N–H and O–H groups in total. The molecule has 0 bridgehead atoms. The van der Waals surface area contributed by atoms with Crippen LogP contribution in [0.2, 0.25) is 0 Å². The van der Waals surface area contributed by atoms with Gasteiger partial charge in [0.2, 0.25) is 0 Å². The number of benzene rings is 1. The largest absolute Gasteiger partial charge is 0.506 e. The van der Waals surface area contributed by atoms with Crippen molar-refractivity contribution in [2.24, 2.45) is 7.05 Å². The number of nitrogens with zero attached hydrogens (tertiary/aromatic N) is 3. The summed E-state index contributed by atoms with van der Waals surface area (Å²) in [6.45, 7) is 0. The van der Waals surface area contributed by atoms with Gasteiger partial charge in [0.25, 0.3) is 10.0 Å². The highest BCUT2D eigenvalue weighted by molar-refractivity contribution is 7.92. The minimum absolute atomic E-state index is 0.107. The van der Waals surface area contributed by atoms with Gasteiger partial charge in [-0.25, -0.2) is 18.2 Å². The average molecular weight is 348 g/mol. The molecule has 0 saturated carbocycles. The molecule has 0 atom stereocenters. The first-order valence-corrected chi connectivity index (χ1v) is 8.13. The summed E-state index contributed by atoms with van der Waals surface area (Å²) in [4.78, 5) is 14.8. The van der Waals surface area contributed by atoms with E-state index in [1.807, 2.05) is 0 Å². The Morgan fingerprint density at radius 1 is 1.25 bits per heavy atom. The number of aromatic hydroxyl groups is 1. The molecular formula is C14H12N4O5S. The fourth-order valence-electron chi connectivity index (χ4n) is 2.12. The molecule has 0 amide bonds. The molecule has 3 aromatic rings. The lowest BCUT2D eigenvalue weighted by Gasteiger charge is -2.10. The molecule has 0 aliphatic carbocycles. The van der Waals surface area contributed by atoms with Crippen LogP contribution in [0.3, 0.4) is 0 Å². The molecule has 3 rings (SSSR count). The maximum atomic E-state index is 12.4. The molecule has 124 valence electrons. The number of nitrogens with one attached hydrogen (secondary N) is 1. The quantitative estimate of drug-likeness (QED) is 0.602. The molecule has 0 aliphatic rings. The number of anilines is 1. The highest BCUT2D eigenvalue weighted by Crippen LogP contribution is 2.27. The standard InChI is InChI=1S/C14H12N4O5S/c1-18-13-9(6-16-18)4-10(7-15-13)24(22,23)17-11-3-2-8(14(20)21)5-12(11)19/h2-7,17,19H,1H3,(H,20,21). The summed E-state index contributed by atoms with van der Waals surface area (Å²) < 4.78 is 28.5. The topological polar surface area (TPSA) is 134 Å². The van der Waals surface area contributed by atoms with Gasteiger partial charge in [0.05, 0.1) is 17.4 Å². The van der Waals surface area contributed by atoms with Gasteiger partial charge in [-0.1, -0.05) is 0 Å². The van der Waals surface area contributed by atoms with Gasteiger partial charge in [-0.15, -0.1) is 0 Å². The minimum Gasteiger partial charge on any atom is -0.506 e. The van der Waals surface area contributed by atoms with Gasteiger partial charge in [0, 0.05) is 18.6 Å². The number of carboxylic acid groups (broad SMARTS) is 1. The van der Waals surface area contributed by atoms with Crippen molar-refractivity contribution >= 4 is 32.7 Å². The Morgan fingerprint density at radius 2 is 2.00 bits per heavy atom. The van der Waals surface area contributed by atoms with Gasteiger partial charge in [-0.2, -0.15) is 5.10 Å². The first-order chi connectivity index (χ1) is 11.3. The zero-order valence-electron chi connectivity index (χ0n) is 12.3. The number of carboxylic acids is 1. The van der Waals surface area contributed by atoms with E-state index in [1.54, 1.807) is 7.05 Å². The zero-order chi connectivity index (χ0) is 17.5. The van der Waals surface area contributed by atoms with Gasteiger partial charge < -0.3 is 10.2 Å². The number of rotatable bonds is 4. The number of fused-ring (bicyclic) bond motifs is 1. The second kappa shape index (κ2) is 5.49. The Labute approximate surface area is 136 Å². The number of hydrogen-bond acceptors (Lipinski definition) is 6. The Balaban J connectivity index is 1.96. The van der Waals surface area contributed by atoms with Crippen molar-refractivity contribution in [3.05, 3.63) is 42.2 Å². The summed E-state index contributed by atoms with van der Waals surface area (Å²) in [6.07, 6.45) is 2.66. The molecule has 24 heavy (non-hydrogen) atoms. The molecule has 0 saturated heterocycles. The van der Waals surface area contributed by atoms with Crippen LogP contribution in [0.4, 0.5) is 5.69 Å². The van der Waals surface area contributed by atoms with Crippen molar-refractivity contribution in [2.75, 3.05) is 4.72 Å². The van der Waals surface area contributed by atoms with Gasteiger partial charge in [0.1, 0.15) is 10.6 Å². The van der Waals surface area contributed by atoms with Crippen molar-refractivity contribution < 1.29 is 23.4 Å². The molecule has 2 heterocycles. The number of sulfonamides is 1. The van der Waals surface area contributed by atoms with E-state index in [0.29, 0.717) is 11.0 Å². The lowest BCUT2D eigenvalue weighted by Crippen LogP contribution is -2.13. The molecule has 0 spiro atoms. The first-order valence-electron chi connectivity index (χ1n) is 6.65. The third kappa shape index (κ3) is 2.74. The maximum Gasteiger partial charge on any atom is 0.335 e.